The number of methoxy groups -OCH3 is 1. The molecule has 1 aromatic carbocycles. The lowest BCUT2D eigenvalue weighted by Crippen LogP contribution is -2.18. The van der Waals surface area contributed by atoms with Gasteiger partial charge in [-0.2, -0.15) is 0 Å². The van der Waals surface area contributed by atoms with Gasteiger partial charge in [-0.1, -0.05) is 18.2 Å². The van der Waals surface area contributed by atoms with E-state index >= 15 is 0 Å². The van der Waals surface area contributed by atoms with Crippen LogP contribution in [0.25, 0.3) is 0 Å². The molecule has 0 radical (unpaired) electrons. The van der Waals surface area contributed by atoms with Gasteiger partial charge in [-0.3, -0.25) is 5.21 Å². The third-order valence-electron chi connectivity index (χ3n) is 1.86. The van der Waals surface area contributed by atoms with E-state index in [2.05, 4.69) is 4.74 Å². The molecule has 6 heteroatoms. The average molecular weight is 212 g/mol. The molecule has 0 heterocycles. The number of benzene rings is 1. The molecule has 82 valence electrons. The average Bonchev–Trinajstić information content (AvgIpc) is 2.27. The first-order valence-electron chi connectivity index (χ1n) is 4.09. The van der Waals surface area contributed by atoms with Gasteiger partial charge in [0.05, 0.1) is 12.8 Å². The van der Waals surface area contributed by atoms with Crippen LogP contribution in [-0.4, -0.2) is 23.4 Å². The lowest BCUT2D eigenvalue weighted by atomic mass is 10.1. The first-order chi connectivity index (χ1) is 7.07. The van der Waals surface area contributed by atoms with Gasteiger partial charge in [-0.25, -0.2) is 4.79 Å². The Labute approximate surface area is 85.9 Å². The van der Waals surface area contributed by atoms with Crippen LogP contribution in [0, 0.1) is 5.21 Å². The molecule has 0 saturated carbocycles. The van der Waals surface area contributed by atoms with Crippen LogP contribution in [0.2, 0.25) is 0 Å². The zero-order valence-electron chi connectivity index (χ0n) is 7.95. The Balaban J connectivity index is 3.07. The summed E-state index contributed by atoms with van der Waals surface area (Å²) < 4.78 is 4.31. The van der Waals surface area contributed by atoms with Crippen LogP contribution in [0.4, 0.5) is 5.69 Å². The van der Waals surface area contributed by atoms with E-state index in [0.717, 1.165) is 7.11 Å². The minimum Gasteiger partial charge on any atom is -0.733 e. The van der Waals surface area contributed by atoms with Gasteiger partial charge in [-0.15, -0.1) is 0 Å². The summed E-state index contributed by atoms with van der Waals surface area (Å²) in [4.78, 5) is 11.0. The Morgan fingerprint density at radius 2 is 2.13 bits per heavy atom. The zero-order valence-corrected chi connectivity index (χ0v) is 7.95. The van der Waals surface area contributed by atoms with E-state index < -0.39 is 17.3 Å². The van der Waals surface area contributed by atoms with E-state index in [9.17, 15) is 15.1 Å². The normalized spacial score (nSPS) is 12.0. The largest absolute Gasteiger partial charge is 0.733 e. The Hall–Kier alpha value is -1.63. The van der Waals surface area contributed by atoms with Gasteiger partial charge in [0, 0.05) is 5.56 Å². The summed E-state index contributed by atoms with van der Waals surface area (Å²) in [6.45, 7) is 0. The molecule has 0 aromatic heterocycles. The lowest BCUT2D eigenvalue weighted by Gasteiger charge is -2.25. The summed E-state index contributed by atoms with van der Waals surface area (Å²) in [7, 11) is 1.11. The molecule has 0 unspecified atom stereocenters. The van der Waals surface area contributed by atoms with E-state index in [1.165, 1.54) is 24.3 Å². The SMILES string of the molecule is COC(=O)[C@@H](O)c1ccccc1N([O-])O. The van der Waals surface area contributed by atoms with Crippen molar-refractivity contribution in [2.75, 3.05) is 12.3 Å². The molecule has 0 saturated heterocycles. The Morgan fingerprint density at radius 1 is 1.53 bits per heavy atom. The fourth-order valence-corrected chi connectivity index (χ4v) is 1.13. The van der Waals surface area contributed by atoms with Crippen LogP contribution in [-0.2, 0) is 9.53 Å². The summed E-state index contributed by atoms with van der Waals surface area (Å²) in [6, 6.07) is 5.63. The fraction of sp³-hybridized carbons (Fsp3) is 0.222. The maximum absolute atomic E-state index is 11.0. The number of anilines is 1. The van der Waals surface area contributed by atoms with Gasteiger partial charge in [0.1, 0.15) is 0 Å². The van der Waals surface area contributed by atoms with Gasteiger partial charge in [0.15, 0.2) is 6.10 Å². The smallest absolute Gasteiger partial charge is 0.339 e. The van der Waals surface area contributed by atoms with Crippen molar-refractivity contribution >= 4 is 11.7 Å². The molecule has 0 amide bonds. The summed E-state index contributed by atoms with van der Waals surface area (Å²) in [6.07, 6.45) is -1.59. The van der Waals surface area contributed by atoms with Crippen LogP contribution < -0.4 is 5.23 Å². The molecule has 15 heavy (non-hydrogen) atoms. The van der Waals surface area contributed by atoms with E-state index in [0.29, 0.717) is 0 Å². The van der Waals surface area contributed by atoms with Crippen LogP contribution in [0.15, 0.2) is 24.3 Å². The highest BCUT2D eigenvalue weighted by Gasteiger charge is 2.20. The maximum atomic E-state index is 11.0. The van der Waals surface area contributed by atoms with E-state index in [1.54, 1.807) is 0 Å². The Morgan fingerprint density at radius 3 is 2.67 bits per heavy atom. The highest BCUT2D eigenvalue weighted by Crippen LogP contribution is 2.25. The van der Waals surface area contributed by atoms with Gasteiger partial charge >= 0.3 is 5.97 Å². The number of para-hydroxylation sites is 1. The number of hydrogen-bond acceptors (Lipinski definition) is 6. The highest BCUT2D eigenvalue weighted by molar-refractivity contribution is 5.78. The standard InChI is InChI=1S/C9H10NO5/c1-15-9(12)8(11)6-4-2-3-5-7(6)10(13)14/h2-5,8,11,13H,1H3/q-1/t8-/m0/s1. The molecular formula is C9H10NO5-. The minimum absolute atomic E-state index is 0.0122. The fourth-order valence-electron chi connectivity index (χ4n) is 1.13. The molecule has 0 aliphatic rings. The van der Waals surface area contributed by atoms with E-state index in [4.69, 9.17) is 5.21 Å². The molecule has 6 nitrogen and oxygen atoms in total. The number of nitrogens with zero attached hydrogens (tertiary/aromatic N) is 1. The Kier molecular flexibility index (Phi) is 3.62. The van der Waals surface area contributed by atoms with Crippen LogP contribution in [0.3, 0.4) is 0 Å². The molecular weight excluding hydrogens is 202 g/mol. The van der Waals surface area contributed by atoms with Gasteiger partial charge in [-0.05, 0) is 6.07 Å². The third-order valence-corrected chi connectivity index (χ3v) is 1.86. The number of rotatable bonds is 3. The third kappa shape index (κ3) is 2.44. The molecule has 1 atom stereocenters. The Bertz CT molecular complexity index is 352. The van der Waals surface area contributed by atoms with Crippen LogP contribution >= 0.6 is 0 Å². The predicted molar refractivity (Wildman–Crippen MR) is 51.1 cm³/mol. The number of hydrogen-bond donors (Lipinski definition) is 2. The van der Waals surface area contributed by atoms with Crippen molar-refractivity contribution < 1.29 is 19.8 Å². The zero-order chi connectivity index (χ0) is 11.4. The van der Waals surface area contributed by atoms with Gasteiger partial charge < -0.3 is 20.3 Å². The molecule has 0 aliphatic carbocycles. The summed E-state index contributed by atoms with van der Waals surface area (Å²) in [5.74, 6) is -0.899. The molecule has 1 rings (SSSR count). The quantitative estimate of drug-likeness (QED) is 0.562. The van der Waals surface area contributed by atoms with Gasteiger partial charge in [0.2, 0.25) is 0 Å². The van der Waals surface area contributed by atoms with Crippen LogP contribution in [0.5, 0.6) is 0 Å². The van der Waals surface area contributed by atoms with Crippen molar-refractivity contribution in [3.05, 3.63) is 35.0 Å². The van der Waals surface area contributed by atoms with Crippen molar-refractivity contribution in [1.82, 2.24) is 0 Å². The first-order valence-corrected chi connectivity index (χ1v) is 4.09. The number of carbonyl (C=O) groups is 1. The summed E-state index contributed by atoms with van der Waals surface area (Å²) >= 11 is 0. The van der Waals surface area contributed by atoms with Crippen molar-refractivity contribution in [2.45, 2.75) is 6.10 Å². The number of carbonyl (C=O) groups excluding carboxylic acids is 1. The molecule has 1 aromatic rings. The van der Waals surface area contributed by atoms with Crippen molar-refractivity contribution in [2.24, 2.45) is 0 Å². The van der Waals surface area contributed by atoms with Crippen molar-refractivity contribution in [1.29, 1.82) is 0 Å². The second-order valence-corrected chi connectivity index (χ2v) is 2.76. The number of aliphatic hydroxyl groups excluding tert-OH is 1. The number of ether oxygens (including phenoxy) is 1. The molecule has 2 N–H and O–H groups in total. The first kappa shape index (κ1) is 11.4. The molecule has 0 spiro atoms. The maximum Gasteiger partial charge on any atom is 0.339 e. The summed E-state index contributed by atoms with van der Waals surface area (Å²) in [5.41, 5.74) is -0.211. The topological polar surface area (TPSA) is 93.1 Å². The van der Waals surface area contributed by atoms with E-state index in [1.807, 2.05) is 0 Å². The summed E-state index contributed by atoms with van der Waals surface area (Å²) in [5, 5.41) is 28.5. The predicted octanol–water partition coefficient (Wildman–Crippen LogP) is 0.586. The highest BCUT2D eigenvalue weighted by atomic mass is 16.8. The van der Waals surface area contributed by atoms with Crippen molar-refractivity contribution in [3.63, 3.8) is 0 Å². The monoisotopic (exact) mass is 212 g/mol. The second-order valence-electron chi connectivity index (χ2n) is 2.76. The molecule has 0 fully saturated rings. The number of esters is 1. The lowest BCUT2D eigenvalue weighted by molar-refractivity contribution is -0.150. The number of aliphatic hydroxyl groups is 1. The molecule has 0 bridgehead atoms. The molecule has 0 aliphatic heterocycles. The second kappa shape index (κ2) is 4.74. The van der Waals surface area contributed by atoms with Crippen molar-refractivity contribution in [3.8, 4) is 0 Å². The van der Waals surface area contributed by atoms with Crippen LogP contribution in [0.1, 0.15) is 11.7 Å². The van der Waals surface area contributed by atoms with Gasteiger partial charge in [0.25, 0.3) is 0 Å². The van der Waals surface area contributed by atoms with E-state index in [-0.39, 0.29) is 11.3 Å². The minimum atomic E-state index is -1.59.